The van der Waals surface area contributed by atoms with Gasteiger partial charge in [-0.2, -0.15) is 28.2 Å². The standard InChI is InChI=1S/C21H21F3N6O2/c1-14-3-4-18(30-26-7-8-27-30)17(11-14)20(31)28-9-10-29(32-13-15(28)2)16-5-6-25-19(12-16)21(22,23)24/h3-8,11-12,15H,9-10,13H2,1-2H3/t15-/m1/s1. The molecule has 0 saturated carbocycles. The Morgan fingerprint density at radius 2 is 1.84 bits per heavy atom. The van der Waals surface area contributed by atoms with E-state index in [0.717, 1.165) is 17.8 Å². The van der Waals surface area contributed by atoms with Gasteiger partial charge in [0.05, 0.1) is 48.5 Å². The van der Waals surface area contributed by atoms with Crippen LogP contribution in [0.3, 0.4) is 0 Å². The monoisotopic (exact) mass is 446 g/mol. The van der Waals surface area contributed by atoms with Crippen molar-refractivity contribution in [3.05, 3.63) is 65.7 Å². The Bertz CT molecular complexity index is 1100. The zero-order valence-corrected chi connectivity index (χ0v) is 17.5. The summed E-state index contributed by atoms with van der Waals surface area (Å²) in [5.41, 5.74) is 1.11. The summed E-state index contributed by atoms with van der Waals surface area (Å²) in [6, 6.07) is 7.49. The van der Waals surface area contributed by atoms with Crippen LogP contribution >= 0.6 is 0 Å². The number of hydrogen-bond acceptors (Lipinski definition) is 6. The minimum Gasteiger partial charge on any atom is -0.332 e. The smallest absolute Gasteiger partial charge is 0.332 e. The van der Waals surface area contributed by atoms with E-state index < -0.39 is 11.9 Å². The predicted molar refractivity (Wildman–Crippen MR) is 109 cm³/mol. The number of anilines is 1. The number of benzene rings is 1. The molecule has 168 valence electrons. The first kappa shape index (κ1) is 21.8. The number of aromatic nitrogens is 4. The Kier molecular flexibility index (Phi) is 5.83. The summed E-state index contributed by atoms with van der Waals surface area (Å²) in [5.74, 6) is -0.232. The van der Waals surface area contributed by atoms with Gasteiger partial charge in [0, 0.05) is 12.7 Å². The highest BCUT2D eigenvalue weighted by Gasteiger charge is 2.34. The molecule has 0 bridgehead atoms. The van der Waals surface area contributed by atoms with E-state index in [1.807, 2.05) is 19.9 Å². The molecular weight excluding hydrogens is 425 g/mol. The topological polar surface area (TPSA) is 76.4 Å². The van der Waals surface area contributed by atoms with Gasteiger partial charge in [-0.15, -0.1) is 0 Å². The summed E-state index contributed by atoms with van der Waals surface area (Å²) in [4.78, 5) is 25.6. The van der Waals surface area contributed by atoms with E-state index in [0.29, 0.717) is 11.3 Å². The molecule has 1 fully saturated rings. The highest BCUT2D eigenvalue weighted by Crippen LogP contribution is 2.30. The number of amides is 1. The molecule has 0 unspecified atom stereocenters. The van der Waals surface area contributed by atoms with Crippen LogP contribution in [-0.4, -0.2) is 56.5 Å². The van der Waals surface area contributed by atoms with Gasteiger partial charge < -0.3 is 4.90 Å². The Balaban J connectivity index is 1.58. The molecule has 1 aliphatic heterocycles. The Labute approximate surface area is 182 Å². The average Bonchev–Trinajstić information content (AvgIpc) is 3.22. The molecule has 11 heteroatoms. The molecule has 1 atom stereocenters. The molecule has 8 nitrogen and oxygen atoms in total. The van der Waals surface area contributed by atoms with Crippen LogP contribution in [0.25, 0.3) is 5.69 Å². The highest BCUT2D eigenvalue weighted by molar-refractivity contribution is 5.98. The first-order valence-corrected chi connectivity index (χ1v) is 9.96. The first-order chi connectivity index (χ1) is 15.2. The van der Waals surface area contributed by atoms with Gasteiger partial charge in [-0.05, 0) is 38.1 Å². The highest BCUT2D eigenvalue weighted by atomic mass is 19.4. The lowest BCUT2D eigenvalue weighted by atomic mass is 10.1. The molecule has 1 aromatic carbocycles. The third-order valence-electron chi connectivity index (χ3n) is 5.15. The zero-order chi connectivity index (χ0) is 22.9. The maximum absolute atomic E-state index is 13.5. The molecule has 1 aliphatic rings. The zero-order valence-electron chi connectivity index (χ0n) is 17.5. The van der Waals surface area contributed by atoms with Crippen molar-refractivity contribution in [2.45, 2.75) is 26.1 Å². The number of hydroxylamine groups is 1. The van der Waals surface area contributed by atoms with E-state index in [9.17, 15) is 18.0 Å². The number of halogens is 3. The average molecular weight is 446 g/mol. The Morgan fingerprint density at radius 1 is 1.09 bits per heavy atom. The van der Waals surface area contributed by atoms with Crippen LogP contribution in [0.15, 0.2) is 48.9 Å². The van der Waals surface area contributed by atoms with Gasteiger partial charge in [-0.1, -0.05) is 11.6 Å². The van der Waals surface area contributed by atoms with Gasteiger partial charge in [0.2, 0.25) is 0 Å². The summed E-state index contributed by atoms with van der Waals surface area (Å²) in [7, 11) is 0. The van der Waals surface area contributed by atoms with E-state index in [1.54, 1.807) is 17.0 Å². The molecule has 4 rings (SSSR count). The number of hydrogen-bond donors (Lipinski definition) is 0. The van der Waals surface area contributed by atoms with E-state index in [1.165, 1.54) is 28.3 Å². The summed E-state index contributed by atoms with van der Waals surface area (Å²) < 4.78 is 39.1. The molecule has 3 aromatic rings. The van der Waals surface area contributed by atoms with Crippen molar-refractivity contribution >= 4 is 11.6 Å². The lowest BCUT2D eigenvalue weighted by Crippen LogP contribution is -2.41. The van der Waals surface area contributed by atoms with Gasteiger partial charge >= 0.3 is 6.18 Å². The number of aryl methyl sites for hydroxylation is 1. The van der Waals surface area contributed by atoms with Crippen LogP contribution in [0.5, 0.6) is 0 Å². The summed E-state index contributed by atoms with van der Waals surface area (Å²) in [6.07, 6.45) is -0.412. The van der Waals surface area contributed by atoms with Crippen LogP contribution in [0.4, 0.5) is 18.9 Å². The number of carbonyl (C=O) groups excluding carboxylic acids is 1. The minimum atomic E-state index is -4.56. The number of nitrogens with zero attached hydrogens (tertiary/aromatic N) is 6. The Morgan fingerprint density at radius 3 is 2.56 bits per heavy atom. The van der Waals surface area contributed by atoms with Crippen molar-refractivity contribution in [1.82, 2.24) is 24.9 Å². The SMILES string of the molecule is Cc1ccc(-n2nccn2)c(C(=O)N2CCN(c3ccnc(C(F)(F)F)c3)OC[C@H]2C)c1. The number of pyridine rings is 1. The van der Waals surface area contributed by atoms with Crippen molar-refractivity contribution in [2.75, 3.05) is 24.8 Å². The van der Waals surface area contributed by atoms with E-state index in [-0.39, 0.29) is 37.3 Å². The van der Waals surface area contributed by atoms with Crippen LogP contribution < -0.4 is 5.06 Å². The second kappa shape index (κ2) is 8.58. The van der Waals surface area contributed by atoms with Crippen molar-refractivity contribution in [1.29, 1.82) is 0 Å². The molecule has 0 spiro atoms. The van der Waals surface area contributed by atoms with Crippen molar-refractivity contribution < 1.29 is 22.8 Å². The van der Waals surface area contributed by atoms with E-state index >= 15 is 0 Å². The second-order valence-electron chi connectivity index (χ2n) is 7.48. The van der Waals surface area contributed by atoms with Gasteiger partial charge in [0.25, 0.3) is 5.91 Å². The summed E-state index contributed by atoms with van der Waals surface area (Å²) >= 11 is 0. The lowest BCUT2D eigenvalue weighted by molar-refractivity contribution is -0.141. The maximum atomic E-state index is 13.5. The van der Waals surface area contributed by atoms with Crippen molar-refractivity contribution in [2.24, 2.45) is 0 Å². The van der Waals surface area contributed by atoms with E-state index in [4.69, 9.17) is 4.84 Å². The third kappa shape index (κ3) is 4.42. The van der Waals surface area contributed by atoms with Crippen molar-refractivity contribution in [3.8, 4) is 5.69 Å². The summed E-state index contributed by atoms with van der Waals surface area (Å²) in [6.45, 7) is 4.28. The van der Waals surface area contributed by atoms with Crippen LogP contribution in [0.2, 0.25) is 0 Å². The van der Waals surface area contributed by atoms with E-state index in [2.05, 4.69) is 15.2 Å². The fraction of sp³-hybridized carbons (Fsp3) is 0.333. The fourth-order valence-corrected chi connectivity index (χ4v) is 3.50. The number of alkyl halides is 3. The van der Waals surface area contributed by atoms with Gasteiger partial charge in [0.15, 0.2) is 0 Å². The fourth-order valence-electron chi connectivity index (χ4n) is 3.50. The lowest BCUT2D eigenvalue weighted by Gasteiger charge is -2.26. The largest absolute Gasteiger partial charge is 0.433 e. The molecule has 0 radical (unpaired) electrons. The number of rotatable bonds is 3. The van der Waals surface area contributed by atoms with Crippen LogP contribution in [0.1, 0.15) is 28.5 Å². The Hall–Kier alpha value is -3.47. The molecule has 32 heavy (non-hydrogen) atoms. The molecule has 2 aromatic heterocycles. The quantitative estimate of drug-likeness (QED) is 0.615. The molecule has 3 heterocycles. The molecule has 0 N–H and O–H groups in total. The number of carbonyl (C=O) groups is 1. The van der Waals surface area contributed by atoms with Crippen LogP contribution in [0, 0.1) is 6.92 Å². The molecule has 1 saturated heterocycles. The maximum Gasteiger partial charge on any atom is 0.433 e. The van der Waals surface area contributed by atoms with Gasteiger partial charge in [0.1, 0.15) is 5.69 Å². The first-order valence-electron chi connectivity index (χ1n) is 9.96. The molecule has 0 aliphatic carbocycles. The molecule has 1 amide bonds. The van der Waals surface area contributed by atoms with Gasteiger partial charge in [-0.3, -0.25) is 19.7 Å². The minimum absolute atomic E-state index is 0.122. The predicted octanol–water partition coefficient (Wildman–Crippen LogP) is 3.27. The normalized spacial score (nSPS) is 17.3. The molecular formula is C21H21F3N6O2. The second-order valence-corrected chi connectivity index (χ2v) is 7.48. The van der Waals surface area contributed by atoms with Crippen molar-refractivity contribution in [3.63, 3.8) is 0 Å². The van der Waals surface area contributed by atoms with Gasteiger partial charge in [-0.25, -0.2) is 0 Å². The third-order valence-corrected chi connectivity index (χ3v) is 5.15. The van der Waals surface area contributed by atoms with Crippen LogP contribution in [-0.2, 0) is 11.0 Å². The summed E-state index contributed by atoms with van der Waals surface area (Å²) in [5, 5.41) is 9.62.